The molecule has 1 saturated heterocycles. The number of nitrogens with one attached hydrogen (secondary N) is 1. The number of rotatable bonds is 5. The van der Waals surface area contributed by atoms with Crippen LogP contribution >= 0.6 is 0 Å². The molecule has 1 aromatic rings. The molecule has 0 saturated carbocycles. The quantitative estimate of drug-likeness (QED) is 0.806. The molecule has 2 rings (SSSR count). The first-order valence-corrected chi connectivity index (χ1v) is 5.93. The maximum absolute atomic E-state index is 5.61. The van der Waals surface area contributed by atoms with Crippen molar-refractivity contribution in [2.75, 3.05) is 6.61 Å². The predicted molar refractivity (Wildman–Crippen MR) is 60.9 cm³/mol. The zero-order valence-electron chi connectivity index (χ0n) is 10.0. The minimum atomic E-state index is 0.446. The van der Waals surface area contributed by atoms with Crippen LogP contribution in [0.1, 0.15) is 32.0 Å². The summed E-state index contributed by atoms with van der Waals surface area (Å²) in [4.78, 5) is 4.18. The lowest BCUT2D eigenvalue weighted by molar-refractivity contribution is 0.0960. The second-order valence-electron chi connectivity index (χ2n) is 4.45. The molecule has 90 valence electrons. The molecule has 1 aromatic heterocycles. The Morgan fingerprint density at radius 2 is 2.56 bits per heavy atom. The van der Waals surface area contributed by atoms with E-state index in [1.165, 1.54) is 12.8 Å². The summed E-state index contributed by atoms with van der Waals surface area (Å²) < 4.78 is 7.41. The zero-order valence-corrected chi connectivity index (χ0v) is 10.0. The molecule has 0 bridgehead atoms. The molecule has 0 aromatic carbocycles. The van der Waals surface area contributed by atoms with Crippen LogP contribution in [0.2, 0.25) is 0 Å². The van der Waals surface area contributed by atoms with Gasteiger partial charge in [0.2, 0.25) is 0 Å². The fraction of sp³-hybridized carbons (Fsp3) is 0.818. The molecule has 0 spiro atoms. The van der Waals surface area contributed by atoms with Crippen LogP contribution in [0.5, 0.6) is 0 Å². The highest BCUT2D eigenvalue weighted by Gasteiger charge is 2.18. The summed E-state index contributed by atoms with van der Waals surface area (Å²) >= 11 is 0. The number of hydrogen-bond donors (Lipinski definition) is 1. The van der Waals surface area contributed by atoms with E-state index >= 15 is 0 Å². The number of nitrogens with zero attached hydrogens (tertiary/aromatic N) is 3. The number of hydrogen-bond acceptors (Lipinski definition) is 4. The van der Waals surface area contributed by atoms with Gasteiger partial charge in [-0.3, -0.25) is 4.68 Å². The van der Waals surface area contributed by atoms with Gasteiger partial charge in [0, 0.05) is 19.7 Å². The molecule has 16 heavy (non-hydrogen) atoms. The Kier molecular flexibility index (Phi) is 3.90. The third-order valence-corrected chi connectivity index (χ3v) is 3.05. The molecule has 1 aliphatic rings. The van der Waals surface area contributed by atoms with Crippen LogP contribution in [0.4, 0.5) is 0 Å². The van der Waals surface area contributed by atoms with Gasteiger partial charge in [-0.1, -0.05) is 0 Å². The lowest BCUT2D eigenvalue weighted by atomic mass is 10.1. The molecule has 2 atom stereocenters. The van der Waals surface area contributed by atoms with E-state index < -0.39 is 0 Å². The van der Waals surface area contributed by atoms with Gasteiger partial charge in [-0.15, -0.1) is 0 Å². The fourth-order valence-electron chi connectivity index (χ4n) is 2.05. The first-order chi connectivity index (χ1) is 7.75. The van der Waals surface area contributed by atoms with Gasteiger partial charge in [0.1, 0.15) is 12.2 Å². The van der Waals surface area contributed by atoms with Crippen molar-refractivity contribution in [3.05, 3.63) is 12.2 Å². The Bertz CT molecular complexity index is 320. The molecular weight excluding hydrogens is 204 g/mol. The van der Waals surface area contributed by atoms with Gasteiger partial charge >= 0.3 is 0 Å². The molecule has 5 heteroatoms. The highest BCUT2D eigenvalue weighted by molar-refractivity contribution is 4.83. The molecule has 0 radical (unpaired) electrons. The van der Waals surface area contributed by atoms with Crippen molar-refractivity contribution < 1.29 is 4.74 Å². The van der Waals surface area contributed by atoms with E-state index in [-0.39, 0.29) is 0 Å². The van der Waals surface area contributed by atoms with Crippen molar-refractivity contribution in [1.29, 1.82) is 0 Å². The van der Waals surface area contributed by atoms with Crippen LogP contribution < -0.4 is 5.32 Å². The average molecular weight is 224 g/mol. The van der Waals surface area contributed by atoms with Crippen LogP contribution in [-0.4, -0.2) is 33.5 Å². The van der Waals surface area contributed by atoms with Gasteiger partial charge in [0.05, 0.1) is 12.6 Å². The fourth-order valence-corrected chi connectivity index (χ4v) is 2.05. The van der Waals surface area contributed by atoms with Gasteiger partial charge in [-0.2, -0.15) is 5.10 Å². The van der Waals surface area contributed by atoms with E-state index in [2.05, 4.69) is 22.3 Å². The Morgan fingerprint density at radius 1 is 1.69 bits per heavy atom. The SMILES string of the molecule is CC(CC1CCCO1)NCc1ncnn1C. The van der Waals surface area contributed by atoms with E-state index in [4.69, 9.17) is 4.74 Å². The lowest BCUT2D eigenvalue weighted by Gasteiger charge is -2.17. The van der Waals surface area contributed by atoms with Crippen LogP contribution in [0, 0.1) is 0 Å². The summed E-state index contributed by atoms with van der Waals surface area (Å²) in [6.45, 7) is 3.89. The molecule has 2 heterocycles. The number of aryl methyl sites for hydroxylation is 1. The maximum atomic E-state index is 5.61. The summed E-state index contributed by atoms with van der Waals surface area (Å²) in [5, 5.41) is 7.49. The monoisotopic (exact) mass is 224 g/mol. The normalized spacial score (nSPS) is 22.5. The Morgan fingerprint density at radius 3 is 3.19 bits per heavy atom. The Balaban J connectivity index is 1.71. The molecular formula is C11H20N4O. The summed E-state index contributed by atoms with van der Waals surface area (Å²) in [6, 6.07) is 0.458. The van der Waals surface area contributed by atoms with Gasteiger partial charge in [-0.05, 0) is 26.2 Å². The standard InChI is InChI=1S/C11H20N4O/c1-9(6-10-4-3-5-16-10)12-7-11-13-8-14-15(11)2/h8-10,12H,3-7H2,1-2H3. The van der Waals surface area contributed by atoms with E-state index in [1.807, 2.05) is 7.05 Å². The zero-order chi connectivity index (χ0) is 11.4. The molecule has 0 amide bonds. The van der Waals surface area contributed by atoms with Crippen LogP contribution in [0.3, 0.4) is 0 Å². The topological polar surface area (TPSA) is 52.0 Å². The van der Waals surface area contributed by atoms with Crippen LogP contribution in [0.25, 0.3) is 0 Å². The predicted octanol–water partition coefficient (Wildman–Crippen LogP) is 0.862. The Hall–Kier alpha value is -0.940. The van der Waals surface area contributed by atoms with E-state index in [0.717, 1.165) is 25.4 Å². The van der Waals surface area contributed by atoms with Gasteiger partial charge < -0.3 is 10.1 Å². The second kappa shape index (κ2) is 5.41. The minimum absolute atomic E-state index is 0.446. The van der Waals surface area contributed by atoms with E-state index in [9.17, 15) is 0 Å². The van der Waals surface area contributed by atoms with Crippen molar-refractivity contribution in [2.24, 2.45) is 7.05 Å². The van der Waals surface area contributed by atoms with Gasteiger partial charge in [-0.25, -0.2) is 4.98 Å². The Labute approximate surface area is 96.2 Å². The smallest absolute Gasteiger partial charge is 0.140 e. The third kappa shape index (κ3) is 3.02. The summed E-state index contributed by atoms with van der Waals surface area (Å²) in [7, 11) is 1.91. The summed E-state index contributed by atoms with van der Waals surface area (Å²) in [6.07, 6.45) is 5.53. The molecule has 1 N–H and O–H groups in total. The van der Waals surface area contributed by atoms with E-state index in [1.54, 1.807) is 11.0 Å². The number of ether oxygens (including phenoxy) is 1. The lowest BCUT2D eigenvalue weighted by Crippen LogP contribution is -2.30. The van der Waals surface area contributed by atoms with Crippen molar-refractivity contribution in [2.45, 2.75) is 44.9 Å². The van der Waals surface area contributed by atoms with Crippen molar-refractivity contribution >= 4 is 0 Å². The molecule has 0 aliphatic carbocycles. The molecule has 5 nitrogen and oxygen atoms in total. The highest BCUT2D eigenvalue weighted by Crippen LogP contribution is 2.16. The largest absolute Gasteiger partial charge is 0.378 e. The van der Waals surface area contributed by atoms with Crippen molar-refractivity contribution in [1.82, 2.24) is 20.1 Å². The van der Waals surface area contributed by atoms with Gasteiger partial charge in [0.15, 0.2) is 0 Å². The number of aromatic nitrogens is 3. The summed E-state index contributed by atoms with van der Waals surface area (Å²) in [5.41, 5.74) is 0. The summed E-state index contributed by atoms with van der Waals surface area (Å²) in [5.74, 6) is 0.971. The van der Waals surface area contributed by atoms with Crippen molar-refractivity contribution in [3.8, 4) is 0 Å². The van der Waals surface area contributed by atoms with Crippen LogP contribution in [0.15, 0.2) is 6.33 Å². The molecule has 2 unspecified atom stereocenters. The second-order valence-corrected chi connectivity index (χ2v) is 4.45. The van der Waals surface area contributed by atoms with Crippen molar-refractivity contribution in [3.63, 3.8) is 0 Å². The highest BCUT2D eigenvalue weighted by atomic mass is 16.5. The van der Waals surface area contributed by atoms with Gasteiger partial charge in [0.25, 0.3) is 0 Å². The van der Waals surface area contributed by atoms with Crippen LogP contribution in [-0.2, 0) is 18.3 Å². The minimum Gasteiger partial charge on any atom is -0.378 e. The molecule has 1 fully saturated rings. The average Bonchev–Trinajstić information content (AvgIpc) is 2.87. The first kappa shape index (κ1) is 11.5. The maximum Gasteiger partial charge on any atom is 0.140 e. The molecule has 1 aliphatic heterocycles. The third-order valence-electron chi connectivity index (χ3n) is 3.05. The van der Waals surface area contributed by atoms with E-state index in [0.29, 0.717) is 12.1 Å². The first-order valence-electron chi connectivity index (χ1n) is 5.93.